The van der Waals surface area contributed by atoms with Crippen LogP contribution in [0.3, 0.4) is 0 Å². The van der Waals surface area contributed by atoms with E-state index in [0.717, 1.165) is 10.0 Å². The van der Waals surface area contributed by atoms with Gasteiger partial charge in [-0.15, -0.1) is 23.1 Å². The molecule has 146 valence electrons. The second kappa shape index (κ2) is 8.60. The zero-order chi connectivity index (χ0) is 19.6. The molecule has 0 saturated carbocycles. The van der Waals surface area contributed by atoms with Gasteiger partial charge in [0.2, 0.25) is 5.91 Å². The summed E-state index contributed by atoms with van der Waals surface area (Å²) in [5.74, 6) is 0.765. The highest BCUT2D eigenvalue weighted by molar-refractivity contribution is 9.10. The first kappa shape index (κ1) is 20.8. The van der Waals surface area contributed by atoms with Crippen LogP contribution in [0, 0.1) is 5.92 Å². The van der Waals surface area contributed by atoms with Gasteiger partial charge >= 0.3 is 0 Å². The maximum Gasteiger partial charge on any atom is 0.262 e. The maximum absolute atomic E-state index is 13.1. The molecule has 1 atom stereocenters. The van der Waals surface area contributed by atoms with Crippen molar-refractivity contribution < 1.29 is 13.2 Å². The summed E-state index contributed by atoms with van der Waals surface area (Å²) in [6, 6.07) is 6.84. The van der Waals surface area contributed by atoms with Crippen LogP contribution >= 0.6 is 39.0 Å². The number of thioether (sulfide) groups is 1. The molecule has 2 heterocycles. The van der Waals surface area contributed by atoms with Gasteiger partial charge in [0.05, 0.1) is 5.88 Å². The molecule has 0 bridgehead atoms. The summed E-state index contributed by atoms with van der Waals surface area (Å²) in [6.45, 7) is 4.52. The molecule has 1 saturated heterocycles. The van der Waals surface area contributed by atoms with Crippen LogP contribution in [-0.4, -0.2) is 47.8 Å². The zero-order valence-corrected chi connectivity index (χ0v) is 18.9. The molecule has 1 fully saturated rings. The highest BCUT2D eigenvalue weighted by Crippen LogP contribution is 2.32. The minimum absolute atomic E-state index is 0.00502. The first-order chi connectivity index (χ1) is 12.8. The molecule has 1 amide bonds. The third kappa shape index (κ3) is 4.73. The molecule has 1 aliphatic heterocycles. The molecule has 0 radical (unpaired) electrons. The molecule has 0 aliphatic carbocycles. The van der Waals surface area contributed by atoms with E-state index in [1.54, 1.807) is 5.38 Å². The Balaban J connectivity index is 1.81. The first-order valence-electron chi connectivity index (χ1n) is 8.38. The molecule has 0 spiro atoms. The molecule has 3 rings (SSSR count). The Bertz CT molecular complexity index is 913. The van der Waals surface area contributed by atoms with E-state index < -0.39 is 16.1 Å². The smallest absolute Gasteiger partial charge is 0.262 e. The molecule has 1 aromatic carbocycles. The average Bonchev–Trinajstić information content (AvgIpc) is 3.30. The van der Waals surface area contributed by atoms with E-state index in [1.165, 1.54) is 27.4 Å². The van der Waals surface area contributed by atoms with Gasteiger partial charge in [-0.25, -0.2) is 13.4 Å². The van der Waals surface area contributed by atoms with E-state index >= 15 is 0 Å². The third-order valence-corrected chi connectivity index (χ3v) is 8.46. The normalized spacial score (nSPS) is 18.1. The predicted octanol–water partition coefficient (Wildman–Crippen LogP) is 3.41. The highest BCUT2D eigenvalue weighted by Gasteiger charge is 2.41. The number of amides is 1. The van der Waals surface area contributed by atoms with Crippen LogP contribution in [-0.2, 0) is 14.8 Å². The number of hydrogen-bond donors (Lipinski definition) is 1. The summed E-state index contributed by atoms with van der Waals surface area (Å²) >= 11 is 6.10. The number of nitrogens with one attached hydrogen (secondary N) is 1. The summed E-state index contributed by atoms with van der Waals surface area (Å²) in [7, 11) is -3.83. The molecule has 10 heteroatoms. The second-order valence-corrected chi connectivity index (χ2v) is 11.2. The zero-order valence-electron chi connectivity index (χ0n) is 14.9. The Labute approximate surface area is 175 Å². The number of sulfonamides is 1. The fourth-order valence-corrected chi connectivity index (χ4v) is 7.00. The van der Waals surface area contributed by atoms with E-state index in [-0.39, 0.29) is 16.8 Å². The Morgan fingerprint density at radius 2 is 2.07 bits per heavy atom. The maximum atomic E-state index is 13.1. The third-order valence-electron chi connectivity index (χ3n) is 3.98. The monoisotopic (exact) mass is 489 g/mol. The first-order valence-corrected chi connectivity index (χ1v) is 12.6. The Morgan fingerprint density at radius 3 is 2.74 bits per heavy atom. The van der Waals surface area contributed by atoms with E-state index in [0.29, 0.717) is 23.2 Å². The highest BCUT2D eigenvalue weighted by atomic mass is 79.9. The van der Waals surface area contributed by atoms with Gasteiger partial charge in [0.25, 0.3) is 10.0 Å². The fraction of sp³-hybridized carbons (Fsp3) is 0.412. The van der Waals surface area contributed by atoms with Crippen LogP contribution in [0.2, 0.25) is 0 Å². The SMILES string of the molecule is CC(C)CNC(=O)C1CSCN1S(=O)(=O)c1csc(-c2ccc(Br)cc2)n1. The lowest BCUT2D eigenvalue weighted by Crippen LogP contribution is -2.47. The molecule has 6 nitrogen and oxygen atoms in total. The minimum Gasteiger partial charge on any atom is -0.354 e. The quantitative estimate of drug-likeness (QED) is 0.672. The van der Waals surface area contributed by atoms with Crippen LogP contribution in [0.25, 0.3) is 10.6 Å². The number of carbonyl (C=O) groups excluding carboxylic acids is 1. The Kier molecular flexibility index (Phi) is 6.62. The van der Waals surface area contributed by atoms with Crippen molar-refractivity contribution in [2.45, 2.75) is 24.9 Å². The predicted molar refractivity (Wildman–Crippen MR) is 113 cm³/mol. The minimum atomic E-state index is -3.83. The van der Waals surface area contributed by atoms with Crippen molar-refractivity contribution >= 4 is 55.0 Å². The van der Waals surface area contributed by atoms with Gasteiger partial charge in [-0.1, -0.05) is 41.9 Å². The number of benzene rings is 1. The molecule has 1 unspecified atom stereocenters. The molecular formula is C17H20BrN3O3S3. The number of carbonyl (C=O) groups is 1. The van der Waals surface area contributed by atoms with Gasteiger partial charge in [-0.2, -0.15) is 4.31 Å². The van der Waals surface area contributed by atoms with E-state index in [9.17, 15) is 13.2 Å². The molecule has 27 heavy (non-hydrogen) atoms. The van der Waals surface area contributed by atoms with Crippen LogP contribution in [0.15, 0.2) is 39.1 Å². The summed E-state index contributed by atoms with van der Waals surface area (Å²) in [6.07, 6.45) is 0. The van der Waals surface area contributed by atoms with E-state index in [4.69, 9.17) is 0 Å². The summed E-state index contributed by atoms with van der Waals surface area (Å²) in [4.78, 5) is 16.8. The number of thiazole rings is 1. The number of hydrogen-bond acceptors (Lipinski definition) is 6. The Morgan fingerprint density at radius 1 is 1.37 bits per heavy atom. The number of rotatable bonds is 6. The van der Waals surface area contributed by atoms with Crippen LogP contribution in [0.1, 0.15) is 13.8 Å². The van der Waals surface area contributed by atoms with Crippen molar-refractivity contribution in [2.75, 3.05) is 18.2 Å². The van der Waals surface area contributed by atoms with Crippen molar-refractivity contribution in [2.24, 2.45) is 5.92 Å². The van der Waals surface area contributed by atoms with Gasteiger partial charge in [0.15, 0.2) is 5.03 Å². The molecular weight excluding hydrogens is 470 g/mol. The lowest BCUT2D eigenvalue weighted by molar-refractivity contribution is -0.123. The number of halogens is 1. The van der Waals surface area contributed by atoms with Gasteiger partial charge in [0, 0.05) is 27.7 Å². The number of nitrogens with zero attached hydrogens (tertiary/aromatic N) is 2. The van der Waals surface area contributed by atoms with Crippen molar-refractivity contribution in [3.63, 3.8) is 0 Å². The van der Waals surface area contributed by atoms with Crippen LogP contribution in [0.4, 0.5) is 0 Å². The van der Waals surface area contributed by atoms with E-state index in [1.807, 2.05) is 38.1 Å². The molecule has 2 aromatic rings. The van der Waals surface area contributed by atoms with Gasteiger partial charge in [0.1, 0.15) is 11.0 Å². The summed E-state index contributed by atoms with van der Waals surface area (Å²) in [5.41, 5.74) is 0.853. The van der Waals surface area contributed by atoms with Crippen molar-refractivity contribution in [3.8, 4) is 10.6 Å². The summed E-state index contributed by atoms with van der Waals surface area (Å²) in [5, 5.41) is 5.00. The van der Waals surface area contributed by atoms with Crippen molar-refractivity contribution in [1.82, 2.24) is 14.6 Å². The van der Waals surface area contributed by atoms with Crippen LogP contribution < -0.4 is 5.32 Å². The Hall–Kier alpha value is -0.940. The van der Waals surface area contributed by atoms with E-state index in [2.05, 4.69) is 26.2 Å². The molecule has 1 aromatic heterocycles. The summed E-state index contributed by atoms with van der Waals surface area (Å²) < 4.78 is 28.3. The van der Waals surface area contributed by atoms with Crippen molar-refractivity contribution in [1.29, 1.82) is 0 Å². The standard InChI is InChI=1S/C17H20BrN3O3S3/c1-11(2)7-19-16(22)14-8-25-10-21(14)27(23,24)15-9-26-17(20-15)12-3-5-13(18)6-4-12/h3-6,9,11,14H,7-8,10H2,1-2H3,(H,19,22). The topological polar surface area (TPSA) is 79.4 Å². The molecule has 1 N–H and O–H groups in total. The van der Waals surface area contributed by atoms with Gasteiger partial charge < -0.3 is 5.32 Å². The lowest BCUT2D eigenvalue weighted by atomic mass is 10.2. The second-order valence-electron chi connectivity index (χ2n) is 6.54. The van der Waals surface area contributed by atoms with Gasteiger partial charge in [-0.05, 0) is 18.1 Å². The van der Waals surface area contributed by atoms with Crippen molar-refractivity contribution in [3.05, 3.63) is 34.1 Å². The van der Waals surface area contributed by atoms with Crippen LogP contribution in [0.5, 0.6) is 0 Å². The lowest BCUT2D eigenvalue weighted by Gasteiger charge is -2.21. The average molecular weight is 490 g/mol. The largest absolute Gasteiger partial charge is 0.354 e. The number of aromatic nitrogens is 1. The molecule has 1 aliphatic rings. The fourth-order valence-electron chi connectivity index (χ4n) is 2.52. The van der Waals surface area contributed by atoms with Gasteiger partial charge in [-0.3, -0.25) is 4.79 Å².